The van der Waals surface area contributed by atoms with E-state index in [0.29, 0.717) is 5.95 Å². The minimum absolute atomic E-state index is 0.658. The molecule has 1 aromatic carbocycles. The summed E-state index contributed by atoms with van der Waals surface area (Å²) < 4.78 is 1.08. The van der Waals surface area contributed by atoms with Crippen LogP contribution in [0.4, 0.5) is 5.95 Å². The molecule has 0 fully saturated rings. The van der Waals surface area contributed by atoms with Gasteiger partial charge in [0.2, 0.25) is 5.95 Å². The average Bonchev–Trinajstić information content (AvgIpc) is 2.28. The molecule has 0 aliphatic heterocycles. The third-order valence-corrected chi connectivity index (χ3v) is 2.61. The SMILES string of the molecule is Cc1cnc(NCc2cccc(Br)c2)nc1. The minimum atomic E-state index is 0.658. The van der Waals surface area contributed by atoms with Crippen LogP contribution in [0, 0.1) is 6.92 Å². The largest absolute Gasteiger partial charge is 0.350 e. The molecule has 0 bridgehead atoms. The summed E-state index contributed by atoms with van der Waals surface area (Å²) in [6.07, 6.45) is 3.60. The summed E-state index contributed by atoms with van der Waals surface area (Å²) in [5.41, 5.74) is 2.26. The Balaban J connectivity index is 1.99. The molecule has 3 nitrogen and oxygen atoms in total. The lowest BCUT2D eigenvalue weighted by molar-refractivity contribution is 1.04. The summed E-state index contributed by atoms with van der Waals surface area (Å²) in [5.74, 6) is 0.658. The van der Waals surface area contributed by atoms with Gasteiger partial charge in [-0.1, -0.05) is 28.1 Å². The van der Waals surface area contributed by atoms with Crippen molar-refractivity contribution in [2.45, 2.75) is 13.5 Å². The van der Waals surface area contributed by atoms with Crippen molar-refractivity contribution in [2.75, 3.05) is 5.32 Å². The van der Waals surface area contributed by atoms with Gasteiger partial charge in [-0.15, -0.1) is 0 Å². The Morgan fingerprint density at radius 3 is 2.69 bits per heavy atom. The standard InChI is InChI=1S/C12H12BrN3/c1-9-6-14-12(15-7-9)16-8-10-3-2-4-11(13)5-10/h2-7H,8H2,1H3,(H,14,15,16). The monoisotopic (exact) mass is 277 g/mol. The quantitative estimate of drug-likeness (QED) is 0.937. The lowest BCUT2D eigenvalue weighted by Gasteiger charge is -2.05. The lowest BCUT2D eigenvalue weighted by Crippen LogP contribution is -2.03. The lowest BCUT2D eigenvalue weighted by atomic mass is 10.2. The smallest absolute Gasteiger partial charge is 0.222 e. The maximum absolute atomic E-state index is 4.18. The number of nitrogens with one attached hydrogen (secondary N) is 1. The normalized spacial score (nSPS) is 10.1. The predicted molar refractivity (Wildman–Crippen MR) is 68.2 cm³/mol. The van der Waals surface area contributed by atoms with E-state index in [1.165, 1.54) is 5.56 Å². The Morgan fingerprint density at radius 1 is 1.25 bits per heavy atom. The predicted octanol–water partition coefficient (Wildman–Crippen LogP) is 3.16. The first-order valence-electron chi connectivity index (χ1n) is 5.01. The molecular formula is C12H12BrN3. The number of benzene rings is 1. The van der Waals surface area contributed by atoms with E-state index in [0.717, 1.165) is 16.6 Å². The van der Waals surface area contributed by atoms with E-state index >= 15 is 0 Å². The van der Waals surface area contributed by atoms with Gasteiger partial charge in [-0.3, -0.25) is 0 Å². The van der Waals surface area contributed by atoms with Crippen LogP contribution in [0.3, 0.4) is 0 Å². The Bertz CT molecular complexity index is 468. The molecule has 1 heterocycles. The zero-order chi connectivity index (χ0) is 11.4. The zero-order valence-corrected chi connectivity index (χ0v) is 10.5. The molecule has 0 saturated heterocycles. The van der Waals surface area contributed by atoms with Crippen LogP contribution in [0.5, 0.6) is 0 Å². The second kappa shape index (κ2) is 5.07. The van der Waals surface area contributed by atoms with E-state index < -0.39 is 0 Å². The molecule has 0 aliphatic carbocycles. The number of anilines is 1. The van der Waals surface area contributed by atoms with Crippen LogP contribution in [-0.2, 0) is 6.54 Å². The van der Waals surface area contributed by atoms with Gasteiger partial charge in [0, 0.05) is 23.4 Å². The second-order valence-electron chi connectivity index (χ2n) is 3.57. The molecule has 0 amide bonds. The maximum Gasteiger partial charge on any atom is 0.222 e. The fourth-order valence-electron chi connectivity index (χ4n) is 1.31. The van der Waals surface area contributed by atoms with Gasteiger partial charge in [0.1, 0.15) is 0 Å². The summed E-state index contributed by atoms with van der Waals surface area (Å²) in [4.78, 5) is 8.36. The molecule has 0 aliphatic rings. The summed E-state index contributed by atoms with van der Waals surface area (Å²) in [6, 6.07) is 8.15. The number of hydrogen-bond acceptors (Lipinski definition) is 3. The molecule has 0 atom stereocenters. The van der Waals surface area contributed by atoms with Crippen LogP contribution >= 0.6 is 15.9 Å². The van der Waals surface area contributed by atoms with Crippen molar-refractivity contribution in [3.63, 3.8) is 0 Å². The van der Waals surface area contributed by atoms with Crippen LogP contribution in [0.1, 0.15) is 11.1 Å². The number of aromatic nitrogens is 2. The van der Waals surface area contributed by atoms with E-state index in [9.17, 15) is 0 Å². The molecule has 2 rings (SSSR count). The highest BCUT2D eigenvalue weighted by molar-refractivity contribution is 9.10. The summed E-state index contributed by atoms with van der Waals surface area (Å²) >= 11 is 3.44. The fourth-order valence-corrected chi connectivity index (χ4v) is 1.76. The topological polar surface area (TPSA) is 37.8 Å². The zero-order valence-electron chi connectivity index (χ0n) is 8.94. The van der Waals surface area contributed by atoms with Gasteiger partial charge >= 0.3 is 0 Å². The van der Waals surface area contributed by atoms with Gasteiger partial charge in [0.15, 0.2) is 0 Å². The Hall–Kier alpha value is -1.42. The van der Waals surface area contributed by atoms with E-state index in [1.54, 1.807) is 12.4 Å². The molecule has 4 heteroatoms. The third kappa shape index (κ3) is 3.03. The van der Waals surface area contributed by atoms with E-state index in [1.807, 2.05) is 19.1 Å². The molecule has 16 heavy (non-hydrogen) atoms. The molecular weight excluding hydrogens is 266 g/mol. The average molecular weight is 278 g/mol. The highest BCUT2D eigenvalue weighted by atomic mass is 79.9. The molecule has 0 saturated carbocycles. The number of hydrogen-bond donors (Lipinski definition) is 1. The first-order valence-corrected chi connectivity index (χ1v) is 5.80. The maximum atomic E-state index is 4.18. The summed E-state index contributed by atoms with van der Waals surface area (Å²) in [5, 5.41) is 3.17. The minimum Gasteiger partial charge on any atom is -0.350 e. The van der Waals surface area contributed by atoms with Crippen LogP contribution in [0.25, 0.3) is 0 Å². The summed E-state index contributed by atoms with van der Waals surface area (Å²) in [6.45, 7) is 2.70. The molecule has 2 aromatic rings. The summed E-state index contributed by atoms with van der Waals surface area (Å²) in [7, 11) is 0. The molecule has 0 spiro atoms. The van der Waals surface area contributed by atoms with Crippen LogP contribution in [0.15, 0.2) is 41.1 Å². The van der Waals surface area contributed by atoms with Gasteiger partial charge in [-0.2, -0.15) is 0 Å². The fraction of sp³-hybridized carbons (Fsp3) is 0.167. The van der Waals surface area contributed by atoms with Crippen molar-refractivity contribution in [2.24, 2.45) is 0 Å². The number of halogens is 1. The van der Waals surface area contributed by atoms with Gasteiger partial charge in [-0.25, -0.2) is 9.97 Å². The Labute approximate surface area is 103 Å². The van der Waals surface area contributed by atoms with Gasteiger partial charge in [-0.05, 0) is 30.2 Å². The van der Waals surface area contributed by atoms with Crippen molar-refractivity contribution >= 4 is 21.9 Å². The highest BCUT2D eigenvalue weighted by Crippen LogP contribution is 2.12. The van der Waals surface area contributed by atoms with Crippen LogP contribution in [-0.4, -0.2) is 9.97 Å². The van der Waals surface area contributed by atoms with E-state index in [-0.39, 0.29) is 0 Å². The van der Waals surface area contributed by atoms with Crippen LogP contribution in [0.2, 0.25) is 0 Å². The van der Waals surface area contributed by atoms with Crippen molar-refractivity contribution in [1.29, 1.82) is 0 Å². The second-order valence-corrected chi connectivity index (χ2v) is 4.48. The molecule has 1 N–H and O–H groups in total. The van der Waals surface area contributed by atoms with Crippen molar-refractivity contribution in [1.82, 2.24) is 9.97 Å². The molecule has 0 radical (unpaired) electrons. The Morgan fingerprint density at radius 2 is 2.00 bits per heavy atom. The first kappa shape index (κ1) is 11.1. The highest BCUT2D eigenvalue weighted by Gasteiger charge is 1.96. The van der Waals surface area contributed by atoms with Crippen LogP contribution < -0.4 is 5.32 Å². The molecule has 0 unspecified atom stereocenters. The third-order valence-electron chi connectivity index (χ3n) is 2.12. The van der Waals surface area contributed by atoms with Crippen molar-refractivity contribution in [3.8, 4) is 0 Å². The van der Waals surface area contributed by atoms with Gasteiger partial charge in [0.25, 0.3) is 0 Å². The Kier molecular flexibility index (Phi) is 3.51. The van der Waals surface area contributed by atoms with Gasteiger partial charge < -0.3 is 5.32 Å². The van der Waals surface area contributed by atoms with Crippen molar-refractivity contribution in [3.05, 3.63) is 52.3 Å². The number of rotatable bonds is 3. The van der Waals surface area contributed by atoms with E-state index in [2.05, 4.69) is 43.3 Å². The number of aryl methyl sites for hydroxylation is 1. The first-order chi connectivity index (χ1) is 7.74. The molecule has 82 valence electrons. The molecule has 1 aromatic heterocycles. The van der Waals surface area contributed by atoms with Gasteiger partial charge in [0.05, 0.1) is 0 Å². The van der Waals surface area contributed by atoms with E-state index in [4.69, 9.17) is 0 Å². The number of nitrogens with zero attached hydrogens (tertiary/aromatic N) is 2. The van der Waals surface area contributed by atoms with Crippen molar-refractivity contribution < 1.29 is 0 Å².